The molecule has 5 rings (SSSR count). The Morgan fingerprint density at radius 2 is 1.84 bits per heavy atom. The number of carbonyl (C=O) groups excluding carboxylic acids is 1. The van der Waals surface area contributed by atoms with Gasteiger partial charge in [-0.3, -0.25) is 9.48 Å². The van der Waals surface area contributed by atoms with Gasteiger partial charge in [-0.2, -0.15) is 27.1 Å². The molecule has 1 amide bonds. The lowest BCUT2D eigenvalue weighted by atomic mass is 9.76. The van der Waals surface area contributed by atoms with Crippen LogP contribution in [-0.2, 0) is 23.2 Å². The molecule has 14 heteroatoms. The molecule has 1 aliphatic heterocycles. The van der Waals surface area contributed by atoms with Gasteiger partial charge in [-0.15, -0.1) is 0 Å². The van der Waals surface area contributed by atoms with Crippen molar-refractivity contribution in [1.82, 2.24) is 19.7 Å². The molecule has 2 aromatic heterocycles. The normalized spacial score (nSPS) is 17.2. The molecule has 3 heterocycles. The molecular weight excluding hydrogens is 607 g/mol. The lowest BCUT2D eigenvalue weighted by Gasteiger charge is -2.26. The van der Waals surface area contributed by atoms with Crippen molar-refractivity contribution in [2.75, 3.05) is 11.1 Å². The number of anilines is 2. The molecule has 232 valence electrons. The summed E-state index contributed by atoms with van der Waals surface area (Å²) >= 11 is 6.09. The molecule has 1 atom stereocenters. The topological polar surface area (TPSA) is 119 Å². The number of benzene rings is 2. The molecule has 1 unspecified atom stereocenters. The number of allylic oxidation sites excluding steroid dienone is 1. The Balaban J connectivity index is 1.56. The third-order valence-corrected chi connectivity index (χ3v) is 8.27. The molecule has 0 bridgehead atoms. The highest BCUT2D eigenvalue weighted by Gasteiger charge is 2.57. The quantitative estimate of drug-likeness (QED) is 0.139. The number of hydrogen-bond donors (Lipinski definition) is 3. The number of aliphatic hydroxyl groups excluding tert-OH is 1. The molecule has 0 aliphatic carbocycles. The number of amides is 1. The van der Waals surface area contributed by atoms with Gasteiger partial charge in [0.2, 0.25) is 5.91 Å². The Labute approximate surface area is 253 Å². The van der Waals surface area contributed by atoms with E-state index >= 15 is 0 Å². The van der Waals surface area contributed by atoms with E-state index in [4.69, 9.17) is 17.3 Å². The predicted octanol–water partition coefficient (Wildman–Crippen LogP) is 7.22. The summed E-state index contributed by atoms with van der Waals surface area (Å²) in [5.41, 5.74) is 6.51. The van der Waals surface area contributed by atoms with Gasteiger partial charge in [-0.25, -0.2) is 9.97 Å². The fraction of sp³-hybridized carbons (Fsp3) is 0.333. The second-order valence-electron chi connectivity index (χ2n) is 11.6. The van der Waals surface area contributed by atoms with Crippen LogP contribution < -0.4 is 11.1 Å². The minimum absolute atomic E-state index is 0.0227. The van der Waals surface area contributed by atoms with Gasteiger partial charge in [-0.1, -0.05) is 56.3 Å². The summed E-state index contributed by atoms with van der Waals surface area (Å²) in [6, 6.07) is 11.7. The van der Waals surface area contributed by atoms with Crippen molar-refractivity contribution in [3.63, 3.8) is 0 Å². The Bertz CT molecular complexity index is 1820. The molecule has 0 spiro atoms. The minimum Gasteiger partial charge on any atom is -0.512 e. The number of nitrogens with zero attached hydrogens (tertiary/aromatic N) is 4. The molecule has 44 heavy (non-hydrogen) atoms. The molecule has 4 N–H and O–H groups in total. The number of aromatic nitrogens is 4. The number of nitrogens with one attached hydrogen (secondary N) is 1. The van der Waals surface area contributed by atoms with Gasteiger partial charge in [0.15, 0.2) is 5.82 Å². The predicted molar refractivity (Wildman–Crippen MR) is 157 cm³/mol. The van der Waals surface area contributed by atoms with Crippen molar-refractivity contribution >= 4 is 40.0 Å². The van der Waals surface area contributed by atoms with Crippen LogP contribution in [0.15, 0.2) is 54.8 Å². The number of hydrogen-bond acceptors (Lipinski definition) is 6. The van der Waals surface area contributed by atoms with Gasteiger partial charge in [0, 0.05) is 28.8 Å². The van der Waals surface area contributed by atoms with E-state index < -0.39 is 41.8 Å². The maximum Gasteiger partial charge on any atom is 0.453 e. The zero-order chi connectivity index (χ0) is 32.4. The van der Waals surface area contributed by atoms with Crippen LogP contribution in [0.1, 0.15) is 43.9 Å². The molecule has 2 aromatic carbocycles. The summed E-state index contributed by atoms with van der Waals surface area (Å²) < 4.78 is 66.9. The maximum atomic E-state index is 13.7. The van der Waals surface area contributed by atoms with Crippen molar-refractivity contribution in [3.8, 4) is 11.5 Å². The van der Waals surface area contributed by atoms with Crippen LogP contribution in [0.2, 0.25) is 5.02 Å². The number of aliphatic hydroxyl groups is 1. The summed E-state index contributed by atoms with van der Waals surface area (Å²) in [7, 11) is 0. The van der Waals surface area contributed by atoms with Gasteiger partial charge < -0.3 is 16.2 Å². The monoisotopic (exact) mass is 634 g/mol. The first kappa shape index (κ1) is 31.2. The first-order valence-electron chi connectivity index (χ1n) is 13.4. The largest absolute Gasteiger partial charge is 0.512 e. The molecule has 0 radical (unpaired) electrons. The van der Waals surface area contributed by atoms with Crippen LogP contribution in [0.3, 0.4) is 0 Å². The van der Waals surface area contributed by atoms with E-state index in [9.17, 15) is 31.9 Å². The first-order valence-corrected chi connectivity index (χ1v) is 13.8. The van der Waals surface area contributed by atoms with Crippen LogP contribution >= 0.6 is 11.6 Å². The third-order valence-electron chi connectivity index (χ3n) is 8.03. The highest BCUT2D eigenvalue weighted by molar-refractivity contribution is 6.31. The van der Waals surface area contributed by atoms with E-state index in [-0.39, 0.29) is 39.5 Å². The number of rotatable bonds is 8. The Morgan fingerprint density at radius 3 is 2.50 bits per heavy atom. The first-order chi connectivity index (χ1) is 20.3. The van der Waals surface area contributed by atoms with Crippen LogP contribution in [-0.4, -0.2) is 42.9 Å². The van der Waals surface area contributed by atoms with Crippen molar-refractivity contribution in [2.24, 2.45) is 5.41 Å². The van der Waals surface area contributed by atoms with E-state index in [1.807, 2.05) is 26.0 Å². The number of halogens is 6. The van der Waals surface area contributed by atoms with Crippen molar-refractivity contribution in [1.29, 1.82) is 0 Å². The van der Waals surface area contributed by atoms with Crippen molar-refractivity contribution in [2.45, 2.75) is 57.7 Å². The molecule has 8 nitrogen and oxygen atoms in total. The van der Waals surface area contributed by atoms with Crippen molar-refractivity contribution in [3.05, 3.63) is 76.5 Å². The number of nitrogens with two attached hydrogens (primary N) is 1. The number of aryl methyl sites for hydroxylation is 1. The van der Waals surface area contributed by atoms with E-state index in [1.165, 1.54) is 18.2 Å². The van der Waals surface area contributed by atoms with E-state index in [1.54, 1.807) is 19.1 Å². The van der Waals surface area contributed by atoms with Gasteiger partial charge in [0.1, 0.15) is 22.7 Å². The fourth-order valence-corrected chi connectivity index (χ4v) is 5.43. The van der Waals surface area contributed by atoms with E-state index in [0.717, 1.165) is 10.2 Å². The van der Waals surface area contributed by atoms with Gasteiger partial charge in [0.25, 0.3) is 0 Å². The summed E-state index contributed by atoms with van der Waals surface area (Å²) in [6.07, 6.45) is -6.83. The SMILES string of the molecule is C=C(O)C(C)(C)Cc1cccc(C2(C)C(=O)Nc3nc(-c4nn(CCC(F)(F)C(F)(F)F)c5cc(Cl)ccc45)nc(N)c32)c1. The maximum absolute atomic E-state index is 13.7. The van der Waals surface area contributed by atoms with Gasteiger partial charge in [-0.05, 0) is 42.7 Å². The Morgan fingerprint density at radius 1 is 1.14 bits per heavy atom. The average Bonchev–Trinajstić information content (AvgIpc) is 3.41. The highest BCUT2D eigenvalue weighted by atomic mass is 35.5. The van der Waals surface area contributed by atoms with Crippen LogP contribution in [0.4, 0.5) is 33.6 Å². The number of carbonyl (C=O) groups is 1. The zero-order valence-electron chi connectivity index (χ0n) is 23.9. The molecule has 1 aliphatic rings. The summed E-state index contributed by atoms with van der Waals surface area (Å²) in [4.78, 5) is 22.4. The molecular formula is C30H28ClF5N6O2. The van der Waals surface area contributed by atoms with Crippen LogP contribution in [0.5, 0.6) is 0 Å². The van der Waals surface area contributed by atoms with E-state index in [2.05, 4.69) is 27.0 Å². The lowest BCUT2D eigenvalue weighted by Crippen LogP contribution is -2.37. The second kappa shape index (κ2) is 10.4. The molecule has 0 fully saturated rings. The van der Waals surface area contributed by atoms with Gasteiger partial charge in [0.05, 0.1) is 16.8 Å². The minimum atomic E-state index is -5.72. The molecule has 0 saturated heterocycles. The van der Waals surface area contributed by atoms with Crippen LogP contribution in [0.25, 0.3) is 22.4 Å². The number of nitrogen functional groups attached to an aromatic ring is 1. The molecule has 0 saturated carbocycles. The van der Waals surface area contributed by atoms with Gasteiger partial charge >= 0.3 is 12.1 Å². The Hall–Kier alpha value is -4.26. The smallest absolute Gasteiger partial charge is 0.453 e. The zero-order valence-corrected chi connectivity index (χ0v) is 24.6. The lowest BCUT2D eigenvalue weighted by molar-refractivity contribution is -0.285. The van der Waals surface area contributed by atoms with Crippen molar-refractivity contribution < 1.29 is 31.9 Å². The Kier molecular flexibility index (Phi) is 7.39. The number of alkyl halides is 5. The second-order valence-corrected chi connectivity index (χ2v) is 12.1. The van der Waals surface area contributed by atoms with Crippen LogP contribution in [0, 0.1) is 5.41 Å². The standard InChI is InChI=1S/C30H28ClF5N6O2/c1-15(43)27(2,3)14-16-6-5-7-17(12-16)28(4)21-23(37)38-25(39-24(21)40-26(28)44)22-19-9-8-18(31)13-20(19)42(41-22)11-10-29(32,33)30(34,35)36/h5-9,12-13,43H,1,10-11,14H2,2-4H3,(H3,37,38,39,40,44). The molecule has 4 aromatic rings. The third kappa shape index (κ3) is 5.23. The summed E-state index contributed by atoms with van der Waals surface area (Å²) in [5, 5.41) is 17.5. The summed E-state index contributed by atoms with van der Waals surface area (Å²) in [6.45, 7) is 8.22. The summed E-state index contributed by atoms with van der Waals surface area (Å²) in [5.74, 6) is -5.36. The number of fused-ring (bicyclic) bond motifs is 2. The average molecular weight is 635 g/mol. The van der Waals surface area contributed by atoms with E-state index in [0.29, 0.717) is 22.9 Å². The highest BCUT2D eigenvalue weighted by Crippen LogP contribution is 2.46. The fourth-order valence-electron chi connectivity index (χ4n) is 5.26.